The zero-order chi connectivity index (χ0) is 11.4. The molecule has 84 valence electrons. The highest BCUT2D eigenvalue weighted by atomic mass is 32.2. The van der Waals surface area contributed by atoms with Gasteiger partial charge >= 0.3 is 0 Å². The lowest BCUT2D eigenvalue weighted by atomic mass is 10.1. The molecule has 1 aromatic rings. The maximum atomic E-state index is 9.06. The van der Waals surface area contributed by atoms with Crippen LogP contribution in [0.25, 0.3) is 0 Å². The number of pyridine rings is 1. The van der Waals surface area contributed by atoms with E-state index in [4.69, 9.17) is 5.26 Å². The van der Waals surface area contributed by atoms with Crippen LogP contribution in [0.3, 0.4) is 0 Å². The van der Waals surface area contributed by atoms with E-state index in [2.05, 4.69) is 16.4 Å². The van der Waals surface area contributed by atoms with E-state index >= 15 is 0 Å². The van der Waals surface area contributed by atoms with Crippen LogP contribution in [0.1, 0.15) is 24.0 Å². The number of thioether (sulfide) groups is 1. The van der Waals surface area contributed by atoms with Crippen molar-refractivity contribution < 1.29 is 0 Å². The van der Waals surface area contributed by atoms with Gasteiger partial charge < -0.3 is 5.32 Å². The fourth-order valence-corrected chi connectivity index (χ4v) is 3.05. The molecule has 0 aromatic carbocycles. The molecule has 3 nitrogen and oxygen atoms in total. The molecule has 4 heteroatoms. The maximum Gasteiger partial charge on any atom is 0.144 e. The number of nitrogens with zero attached hydrogens (tertiary/aromatic N) is 2. The molecule has 1 saturated heterocycles. The molecule has 0 bridgehead atoms. The van der Waals surface area contributed by atoms with Crippen LogP contribution in [0.15, 0.2) is 12.3 Å². The summed E-state index contributed by atoms with van der Waals surface area (Å²) in [6, 6.07) is 4.08. The Balaban J connectivity index is 2.03. The van der Waals surface area contributed by atoms with Gasteiger partial charge in [-0.15, -0.1) is 0 Å². The Morgan fingerprint density at radius 3 is 3.25 bits per heavy atom. The highest BCUT2D eigenvalue weighted by molar-refractivity contribution is 8.00. The van der Waals surface area contributed by atoms with Crippen molar-refractivity contribution in [3.63, 3.8) is 0 Å². The van der Waals surface area contributed by atoms with Crippen molar-refractivity contribution in [2.24, 2.45) is 0 Å². The van der Waals surface area contributed by atoms with Crippen LogP contribution in [0.5, 0.6) is 0 Å². The molecule has 1 unspecified atom stereocenters. The van der Waals surface area contributed by atoms with Crippen molar-refractivity contribution in [3.8, 4) is 6.07 Å². The second-order valence-electron chi connectivity index (χ2n) is 3.98. The van der Waals surface area contributed by atoms with Crippen molar-refractivity contribution in [1.82, 2.24) is 4.98 Å². The highest BCUT2D eigenvalue weighted by Gasteiger charge is 2.16. The monoisotopic (exact) mass is 233 g/mol. The standard InChI is InChI=1S/C12H15N3S/c1-9-4-5-14-12(11(9)7-13)15-8-10-3-2-6-16-10/h4-5,10H,2-3,6,8H2,1H3,(H,14,15). The quantitative estimate of drug-likeness (QED) is 0.871. The number of nitrogens with one attached hydrogen (secondary N) is 1. The smallest absolute Gasteiger partial charge is 0.144 e. The van der Waals surface area contributed by atoms with Crippen molar-refractivity contribution in [2.45, 2.75) is 25.0 Å². The van der Waals surface area contributed by atoms with Crippen molar-refractivity contribution in [3.05, 3.63) is 23.4 Å². The molecule has 1 aliphatic heterocycles. The van der Waals surface area contributed by atoms with Gasteiger partial charge in [0.15, 0.2) is 0 Å². The Labute approximate surface area is 100 Å². The summed E-state index contributed by atoms with van der Waals surface area (Å²) < 4.78 is 0. The summed E-state index contributed by atoms with van der Waals surface area (Å²) in [5, 5.41) is 13.0. The van der Waals surface area contributed by atoms with E-state index in [9.17, 15) is 0 Å². The average Bonchev–Trinajstić information content (AvgIpc) is 2.79. The van der Waals surface area contributed by atoms with Gasteiger partial charge in [-0.25, -0.2) is 4.98 Å². The van der Waals surface area contributed by atoms with Crippen LogP contribution in [0.2, 0.25) is 0 Å². The van der Waals surface area contributed by atoms with Gasteiger partial charge in [-0.3, -0.25) is 0 Å². The number of rotatable bonds is 3. The van der Waals surface area contributed by atoms with E-state index in [0.717, 1.165) is 17.9 Å². The Morgan fingerprint density at radius 2 is 2.56 bits per heavy atom. The van der Waals surface area contributed by atoms with Crippen molar-refractivity contribution >= 4 is 17.6 Å². The fraction of sp³-hybridized carbons (Fsp3) is 0.500. The van der Waals surface area contributed by atoms with Crippen LogP contribution < -0.4 is 5.32 Å². The maximum absolute atomic E-state index is 9.06. The largest absolute Gasteiger partial charge is 0.368 e. The van der Waals surface area contributed by atoms with Crippen LogP contribution in [0.4, 0.5) is 5.82 Å². The molecule has 0 aliphatic carbocycles. The number of hydrogen-bond acceptors (Lipinski definition) is 4. The third-order valence-electron chi connectivity index (χ3n) is 2.79. The molecule has 1 atom stereocenters. The Bertz CT molecular complexity index is 405. The molecule has 0 radical (unpaired) electrons. The molecule has 1 N–H and O–H groups in total. The molecule has 2 rings (SSSR count). The predicted molar refractivity (Wildman–Crippen MR) is 67.7 cm³/mol. The van der Waals surface area contributed by atoms with E-state index in [1.54, 1.807) is 6.20 Å². The van der Waals surface area contributed by atoms with Crippen LogP contribution >= 0.6 is 11.8 Å². The predicted octanol–water partition coefficient (Wildman–Crippen LogP) is 2.57. The minimum atomic E-state index is 0.672. The highest BCUT2D eigenvalue weighted by Crippen LogP contribution is 2.26. The van der Waals surface area contributed by atoms with E-state index in [-0.39, 0.29) is 0 Å². The second-order valence-corrected chi connectivity index (χ2v) is 5.39. The van der Waals surface area contributed by atoms with Crippen LogP contribution in [-0.2, 0) is 0 Å². The number of aryl methyl sites for hydroxylation is 1. The molecule has 2 heterocycles. The van der Waals surface area contributed by atoms with Gasteiger partial charge in [-0.05, 0) is 37.1 Å². The summed E-state index contributed by atoms with van der Waals surface area (Å²) in [4.78, 5) is 4.23. The van der Waals surface area contributed by atoms with Crippen LogP contribution in [-0.4, -0.2) is 22.5 Å². The molecule has 1 aliphatic rings. The molecule has 1 fully saturated rings. The first-order chi connectivity index (χ1) is 7.81. The van der Waals surface area contributed by atoms with Gasteiger partial charge in [0.2, 0.25) is 0 Å². The molecule has 0 amide bonds. The SMILES string of the molecule is Cc1ccnc(NCC2CCCS2)c1C#N. The summed E-state index contributed by atoms with van der Waals surface area (Å²) in [7, 11) is 0. The number of nitriles is 1. The molecule has 0 saturated carbocycles. The minimum Gasteiger partial charge on any atom is -0.368 e. The Morgan fingerprint density at radius 1 is 1.69 bits per heavy atom. The average molecular weight is 233 g/mol. The molecular weight excluding hydrogens is 218 g/mol. The second kappa shape index (κ2) is 5.22. The molecule has 0 spiro atoms. The number of anilines is 1. The van der Waals surface area contributed by atoms with Crippen molar-refractivity contribution in [2.75, 3.05) is 17.6 Å². The zero-order valence-corrected chi connectivity index (χ0v) is 10.2. The first kappa shape index (κ1) is 11.3. The zero-order valence-electron chi connectivity index (χ0n) is 9.36. The van der Waals surface area contributed by atoms with Gasteiger partial charge in [-0.1, -0.05) is 0 Å². The third-order valence-corrected chi connectivity index (χ3v) is 4.19. The third kappa shape index (κ3) is 2.48. The van der Waals surface area contributed by atoms with E-state index in [0.29, 0.717) is 10.8 Å². The summed E-state index contributed by atoms with van der Waals surface area (Å²) in [5.74, 6) is 1.99. The molecule has 1 aromatic heterocycles. The Hall–Kier alpha value is -1.21. The topological polar surface area (TPSA) is 48.7 Å². The molecular formula is C12H15N3S. The Kier molecular flexibility index (Phi) is 3.68. The minimum absolute atomic E-state index is 0.672. The van der Waals surface area contributed by atoms with Gasteiger partial charge in [0, 0.05) is 18.0 Å². The van der Waals surface area contributed by atoms with Gasteiger partial charge in [0.1, 0.15) is 11.9 Å². The van der Waals surface area contributed by atoms with Crippen molar-refractivity contribution in [1.29, 1.82) is 5.26 Å². The summed E-state index contributed by atoms with van der Waals surface area (Å²) in [6.07, 6.45) is 4.33. The lowest BCUT2D eigenvalue weighted by molar-refractivity contribution is 0.803. The number of aromatic nitrogens is 1. The summed E-state index contributed by atoms with van der Waals surface area (Å²) >= 11 is 2.01. The molecule has 16 heavy (non-hydrogen) atoms. The van der Waals surface area contributed by atoms with E-state index in [1.807, 2.05) is 24.8 Å². The fourth-order valence-electron chi connectivity index (χ4n) is 1.85. The van der Waals surface area contributed by atoms with Gasteiger partial charge in [-0.2, -0.15) is 17.0 Å². The van der Waals surface area contributed by atoms with Gasteiger partial charge in [0.05, 0.1) is 5.56 Å². The summed E-state index contributed by atoms with van der Waals surface area (Å²) in [6.45, 7) is 2.85. The van der Waals surface area contributed by atoms with Gasteiger partial charge in [0.25, 0.3) is 0 Å². The first-order valence-electron chi connectivity index (χ1n) is 5.52. The normalized spacial score (nSPS) is 19.4. The summed E-state index contributed by atoms with van der Waals surface area (Å²) in [5.41, 5.74) is 1.66. The van der Waals surface area contributed by atoms with Crippen LogP contribution in [0, 0.1) is 18.3 Å². The lowest BCUT2D eigenvalue weighted by Gasteiger charge is -2.12. The lowest BCUT2D eigenvalue weighted by Crippen LogP contribution is -2.15. The first-order valence-corrected chi connectivity index (χ1v) is 6.57. The van der Waals surface area contributed by atoms with E-state index < -0.39 is 0 Å². The van der Waals surface area contributed by atoms with E-state index in [1.165, 1.54) is 18.6 Å². The number of hydrogen-bond donors (Lipinski definition) is 1.